The molecule has 144 valence electrons. The third kappa shape index (κ3) is 4.46. The summed E-state index contributed by atoms with van der Waals surface area (Å²) in [7, 11) is 2.42. The maximum Gasteiger partial charge on any atom is 0.348 e. The number of esters is 3. The van der Waals surface area contributed by atoms with Crippen LogP contribution in [0.5, 0.6) is 0 Å². The minimum Gasteiger partial charge on any atom is -0.465 e. The van der Waals surface area contributed by atoms with Crippen LogP contribution in [0.1, 0.15) is 50.4 Å². The number of carbonyl (C=O) groups is 3. The lowest BCUT2D eigenvalue weighted by molar-refractivity contribution is -0.147. The van der Waals surface area contributed by atoms with Crippen LogP contribution in [0, 0.1) is 0 Å². The third-order valence-corrected chi connectivity index (χ3v) is 5.09. The summed E-state index contributed by atoms with van der Waals surface area (Å²) >= 11 is 0.891. The molecule has 1 atom stereocenters. The molecule has 0 spiro atoms. The van der Waals surface area contributed by atoms with Crippen molar-refractivity contribution in [1.82, 2.24) is 0 Å². The Hall–Kier alpha value is -2.87. The fourth-order valence-electron chi connectivity index (χ4n) is 2.67. The summed E-state index contributed by atoms with van der Waals surface area (Å²) in [5, 5.41) is 0.100. The van der Waals surface area contributed by atoms with E-state index in [-0.39, 0.29) is 27.6 Å². The molecule has 2 aromatic rings. The van der Waals surface area contributed by atoms with E-state index < -0.39 is 23.8 Å². The Balaban J connectivity index is 2.29. The second kappa shape index (κ2) is 9.18. The Kier molecular flexibility index (Phi) is 6.95. The summed E-state index contributed by atoms with van der Waals surface area (Å²) in [6.45, 7) is 1.59. The van der Waals surface area contributed by atoms with Gasteiger partial charge in [-0.15, -0.1) is 11.3 Å². The second-order valence-electron chi connectivity index (χ2n) is 5.61. The van der Waals surface area contributed by atoms with Crippen LogP contribution in [0.4, 0.5) is 5.00 Å². The summed E-state index contributed by atoms with van der Waals surface area (Å²) in [5.74, 6) is -2.28. The van der Waals surface area contributed by atoms with Crippen LogP contribution in [0.15, 0.2) is 30.3 Å². The van der Waals surface area contributed by atoms with Crippen LogP contribution < -0.4 is 5.73 Å². The van der Waals surface area contributed by atoms with Crippen LogP contribution in [-0.4, -0.2) is 32.1 Å². The molecule has 0 aliphatic rings. The summed E-state index contributed by atoms with van der Waals surface area (Å²) in [6.07, 6.45) is 0.544. The minimum absolute atomic E-state index is 0.0171. The van der Waals surface area contributed by atoms with Gasteiger partial charge in [-0.25, -0.2) is 9.59 Å². The van der Waals surface area contributed by atoms with Gasteiger partial charge in [-0.05, 0) is 12.0 Å². The molecule has 2 N–H and O–H groups in total. The van der Waals surface area contributed by atoms with Gasteiger partial charge in [0.1, 0.15) is 22.0 Å². The highest BCUT2D eigenvalue weighted by molar-refractivity contribution is 7.18. The van der Waals surface area contributed by atoms with E-state index >= 15 is 0 Å². The topological polar surface area (TPSA) is 105 Å². The Labute approximate surface area is 161 Å². The first-order chi connectivity index (χ1) is 12.9. The number of hydrogen-bond acceptors (Lipinski definition) is 8. The highest BCUT2D eigenvalue weighted by Gasteiger charge is 2.29. The first kappa shape index (κ1) is 20.4. The number of nitrogens with two attached hydrogens (primary N) is 1. The van der Waals surface area contributed by atoms with E-state index in [1.807, 2.05) is 37.3 Å². The van der Waals surface area contributed by atoms with Gasteiger partial charge in [0.05, 0.1) is 20.1 Å². The maximum absolute atomic E-state index is 12.6. The normalized spacial score (nSPS) is 11.5. The van der Waals surface area contributed by atoms with Crippen molar-refractivity contribution < 1.29 is 28.6 Å². The average molecular weight is 391 g/mol. The molecule has 27 heavy (non-hydrogen) atoms. The molecule has 1 heterocycles. The van der Waals surface area contributed by atoms with Gasteiger partial charge in [-0.2, -0.15) is 0 Å². The molecule has 0 bridgehead atoms. The molecule has 2 rings (SSSR count). The highest BCUT2D eigenvalue weighted by atomic mass is 32.1. The number of benzene rings is 1. The number of nitrogen functional groups attached to an aromatic ring is 1. The molecule has 1 aromatic carbocycles. The van der Waals surface area contributed by atoms with Gasteiger partial charge in [-0.1, -0.05) is 37.3 Å². The zero-order valence-electron chi connectivity index (χ0n) is 15.3. The van der Waals surface area contributed by atoms with Crippen LogP contribution in [-0.2, 0) is 25.6 Å². The van der Waals surface area contributed by atoms with Gasteiger partial charge in [0.15, 0.2) is 0 Å². The molecular formula is C19H21NO6S. The van der Waals surface area contributed by atoms with Gasteiger partial charge >= 0.3 is 17.9 Å². The Morgan fingerprint density at radius 1 is 1.07 bits per heavy atom. The number of rotatable bonds is 7. The molecule has 0 radical (unpaired) electrons. The van der Waals surface area contributed by atoms with Crippen molar-refractivity contribution in [2.45, 2.75) is 25.9 Å². The SMILES string of the molecule is CCC(C(=O)OCc1c(C(=O)OC)sc(N)c1C(=O)OC)c1ccccc1. The third-order valence-electron chi connectivity index (χ3n) is 4.05. The number of hydrogen-bond donors (Lipinski definition) is 1. The predicted molar refractivity (Wildman–Crippen MR) is 101 cm³/mol. The summed E-state index contributed by atoms with van der Waals surface area (Å²) < 4.78 is 14.9. The molecule has 0 amide bonds. The van der Waals surface area contributed by atoms with Crippen molar-refractivity contribution in [2.75, 3.05) is 20.0 Å². The van der Waals surface area contributed by atoms with Crippen molar-refractivity contribution in [3.63, 3.8) is 0 Å². The number of anilines is 1. The molecule has 7 nitrogen and oxygen atoms in total. The second-order valence-corrected chi connectivity index (χ2v) is 6.66. The summed E-state index contributed by atoms with van der Waals surface area (Å²) in [4.78, 5) is 36.7. The Morgan fingerprint density at radius 2 is 1.70 bits per heavy atom. The summed E-state index contributed by atoms with van der Waals surface area (Å²) in [5.41, 5.74) is 6.90. The smallest absolute Gasteiger partial charge is 0.348 e. The molecule has 8 heteroatoms. The lowest BCUT2D eigenvalue weighted by Gasteiger charge is -2.15. The minimum atomic E-state index is -0.708. The highest BCUT2D eigenvalue weighted by Crippen LogP contribution is 2.33. The van der Waals surface area contributed by atoms with Crippen molar-refractivity contribution in [2.24, 2.45) is 0 Å². The van der Waals surface area contributed by atoms with Crippen molar-refractivity contribution in [3.8, 4) is 0 Å². The molecular weight excluding hydrogens is 370 g/mol. The van der Waals surface area contributed by atoms with Gasteiger partial charge in [0, 0.05) is 5.56 Å². The van der Waals surface area contributed by atoms with E-state index in [2.05, 4.69) is 0 Å². The lowest BCUT2D eigenvalue weighted by Crippen LogP contribution is -2.17. The quantitative estimate of drug-likeness (QED) is 0.571. The van der Waals surface area contributed by atoms with Crippen molar-refractivity contribution in [3.05, 3.63) is 51.9 Å². The Morgan fingerprint density at radius 3 is 2.26 bits per heavy atom. The largest absolute Gasteiger partial charge is 0.465 e. The van der Waals surface area contributed by atoms with Gasteiger partial charge in [0.2, 0.25) is 0 Å². The van der Waals surface area contributed by atoms with Crippen molar-refractivity contribution in [1.29, 1.82) is 0 Å². The fraction of sp³-hybridized carbons (Fsp3) is 0.316. The summed E-state index contributed by atoms with van der Waals surface area (Å²) in [6, 6.07) is 9.24. The van der Waals surface area contributed by atoms with E-state index in [4.69, 9.17) is 19.9 Å². The lowest BCUT2D eigenvalue weighted by atomic mass is 9.97. The van der Waals surface area contributed by atoms with Gasteiger partial charge in [-0.3, -0.25) is 4.79 Å². The number of ether oxygens (including phenoxy) is 3. The van der Waals surface area contributed by atoms with E-state index in [1.165, 1.54) is 14.2 Å². The first-order valence-electron chi connectivity index (χ1n) is 8.23. The molecule has 1 aromatic heterocycles. The Bertz CT molecular complexity index is 830. The molecule has 1 unspecified atom stereocenters. The van der Waals surface area contributed by atoms with E-state index in [0.29, 0.717) is 6.42 Å². The molecule has 0 aliphatic heterocycles. The zero-order valence-corrected chi connectivity index (χ0v) is 16.1. The van der Waals surface area contributed by atoms with Gasteiger partial charge < -0.3 is 19.9 Å². The monoisotopic (exact) mass is 391 g/mol. The molecule has 0 aliphatic carbocycles. The van der Waals surface area contributed by atoms with Crippen LogP contribution in [0.25, 0.3) is 0 Å². The van der Waals surface area contributed by atoms with Gasteiger partial charge in [0.25, 0.3) is 0 Å². The zero-order chi connectivity index (χ0) is 20.0. The number of carbonyl (C=O) groups excluding carboxylic acids is 3. The molecule has 0 saturated carbocycles. The van der Waals surface area contributed by atoms with Crippen molar-refractivity contribution >= 4 is 34.2 Å². The molecule has 0 saturated heterocycles. The predicted octanol–water partition coefficient (Wildman–Crippen LogP) is 3.14. The number of methoxy groups -OCH3 is 2. The van der Waals surface area contributed by atoms with E-state index in [1.54, 1.807) is 0 Å². The average Bonchev–Trinajstić information content (AvgIpc) is 3.02. The van der Waals surface area contributed by atoms with Crippen LogP contribution >= 0.6 is 11.3 Å². The standard InChI is InChI=1S/C19H21NO6S/c1-4-12(11-8-6-5-7-9-11)17(21)26-10-13-14(18(22)24-2)16(20)27-15(13)19(23)25-3/h5-9,12H,4,10,20H2,1-3H3. The van der Waals surface area contributed by atoms with Crippen LogP contribution in [0.3, 0.4) is 0 Å². The fourth-order valence-corrected chi connectivity index (χ4v) is 3.65. The first-order valence-corrected chi connectivity index (χ1v) is 9.05. The number of thiophene rings is 1. The van der Waals surface area contributed by atoms with E-state index in [9.17, 15) is 14.4 Å². The van der Waals surface area contributed by atoms with E-state index in [0.717, 1.165) is 16.9 Å². The molecule has 0 fully saturated rings. The maximum atomic E-state index is 12.6. The van der Waals surface area contributed by atoms with Crippen LogP contribution in [0.2, 0.25) is 0 Å².